The molecule has 2 heterocycles. The van der Waals surface area contributed by atoms with E-state index in [1.165, 1.54) is 17.0 Å². The Morgan fingerprint density at radius 1 is 0.932 bits per heavy atom. The van der Waals surface area contributed by atoms with Gasteiger partial charge in [-0.05, 0) is 73.4 Å². The van der Waals surface area contributed by atoms with Crippen molar-refractivity contribution in [3.63, 3.8) is 0 Å². The number of ketones is 1. The van der Waals surface area contributed by atoms with E-state index in [-0.39, 0.29) is 39.8 Å². The van der Waals surface area contributed by atoms with Crippen LogP contribution in [0.4, 0.5) is 5.69 Å². The van der Waals surface area contributed by atoms with E-state index in [9.17, 15) is 19.2 Å². The number of Topliss-reactive ketones (excluding diaryl/α,β-unsaturated/α-hetero) is 1. The van der Waals surface area contributed by atoms with Gasteiger partial charge in [0.15, 0.2) is 6.61 Å². The Morgan fingerprint density at radius 3 is 2.25 bits per heavy atom. The number of halogens is 3. The van der Waals surface area contributed by atoms with Crippen molar-refractivity contribution in [2.24, 2.45) is 11.8 Å². The van der Waals surface area contributed by atoms with Crippen molar-refractivity contribution in [3.8, 4) is 11.3 Å². The SMILES string of the molecule is CCc1cc(Br)cc2c(C(=O)OCC(=O)c3ccc(Cl)cc3Cl)cc(-c3ccc(N4C(=O)C5CCCCC5C4=O)cc3)nc12. The second-order valence-corrected chi connectivity index (χ2v) is 12.8. The third-order valence-corrected chi connectivity index (χ3v) is 9.39. The maximum Gasteiger partial charge on any atom is 0.339 e. The van der Waals surface area contributed by atoms with Gasteiger partial charge in [0.1, 0.15) is 0 Å². The smallest absolute Gasteiger partial charge is 0.339 e. The number of rotatable bonds is 7. The molecule has 2 atom stereocenters. The Hall–Kier alpha value is -3.59. The van der Waals surface area contributed by atoms with Gasteiger partial charge in [-0.3, -0.25) is 19.3 Å². The number of benzene rings is 3. The third kappa shape index (κ3) is 5.67. The van der Waals surface area contributed by atoms with Gasteiger partial charge in [-0.25, -0.2) is 9.78 Å². The molecule has 2 unspecified atom stereocenters. The predicted molar refractivity (Wildman–Crippen MR) is 173 cm³/mol. The lowest BCUT2D eigenvalue weighted by Gasteiger charge is -2.19. The van der Waals surface area contributed by atoms with Crippen LogP contribution in [0.2, 0.25) is 10.0 Å². The molecular formula is C34H27BrCl2N2O5. The second kappa shape index (κ2) is 12.4. The van der Waals surface area contributed by atoms with E-state index in [0.717, 1.165) is 35.7 Å². The number of nitrogens with zero attached hydrogens (tertiary/aromatic N) is 2. The summed E-state index contributed by atoms with van der Waals surface area (Å²) >= 11 is 15.7. The zero-order valence-corrected chi connectivity index (χ0v) is 26.8. The van der Waals surface area contributed by atoms with Crippen molar-refractivity contribution in [2.45, 2.75) is 39.0 Å². The molecular weight excluding hydrogens is 667 g/mol. The van der Waals surface area contributed by atoms with E-state index >= 15 is 0 Å². The number of imide groups is 1. The van der Waals surface area contributed by atoms with E-state index in [4.69, 9.17) is 32.9 Å². The highest BCUT2D eigenvalue weighted by Gasteiger charge is 2.48. The molecule has 0 bridgehead atoms. The summed E-state index contributed by atoms with van der Waals surface area (Å²) in [6.45, 7) is 1.49. The molecule has 224 valence electrons. The van der Waals surface area contributed by atoms with Gasteiger partial charge in [0.2, 0.25) is 17.6 Å². The molecule has 2 fully saturated rings. The van der Waals surface area contributed by atoms with Crippen LogP contribution in [0.5, 0.6) is 0 Å². The first kappa shape index (κ1) is 30.4. The summed E-state index contributed by atoms with van der Waals surface area (Å²) in [4.78, 5) is 58.7. The molecule has 2 aliphatic rings. The fourth-order valence-electron chi connectivity index (χ4n) is 6.15. The van der Waals surface area contributed by atoms with Crippen molar-refractivity contribution in [3.05, 3.63) is 91.9 Å². The van der Waals surface area contributed by atoms with Crippen LogP contribution in [0.3, 0.4) is 0 Å². The van der Waals surface area contributed by atoms with Crippen LogP contribution in [0, 0.1) is 11.8 Å². The van der Waals surface area contributed by atoms with Crippen LogP contribution in [0.25, 0.3) is 22.2 Å². The average Bonchev–Trinajstić information content (AvgIpc) is 3.28. The van der Waals surface area contributed by atoms with Crippen LogP contribution in [0.1, 0.15) is 58.9 Å². The van der Waals surface area contributed by atoms with Crippen LogP contribution in [-0.2, 0) is 20.7 Å². The topological polar surface area (TPSA) is 93.6 Å². The minimum atomic E-state index is -0.690. The van der Waals surface area contributed by atoms with Gasteiger partial charge in [0, 0.05) is 26.0 Å². The van der Waals surface area contributed by atoms with Gasteiger partial charge < -0.3 is 4.74 Å². The third-order valence-electron chi connectivity index (χ3n) is 8.39. The van der Waals surface area contributed by atoms with Crippen molar-refractivity contribution in [1.29, 1.82) is 0 Å². The molecule has 1 aliphatic carbocycles. The highest BCUT2D eigenvalue weighted by atomic mass is 79.9. The second-order valence-electron chi connectivity index (χ2n) is 11.0. The van der Waals surface area contributed by atoms with Crippen LogP contribution < -0.4 is 4.90 Å². The standard InChI is InChI=1S/C34H27BrCl2N2O5/c1-2-18-13-20(35)14-26-27(34(43)44-17-30(40)25-12-9-21(36)15-28(25)37)16-29(38-31(18)26)19-7-10-22(11-8-19)39-32(41)23-5-3-4-6-24(23)33(39)42/h7-16,23-24H,2-6,17H2,1H3. The highest BCUT2D eigenvalue weighted by molar-refractivity contribution is 9.10. The Labute approximate surface area is 272 Å². The van der Waals surface area contributed by atoms with Gasteiger partial charge >= 0.3 is 5.97 Å². The first-order valence-electron chi connectivity index (χ1n) is 14.4. The lowest BCUT2D eigenvalue weighted by Crippen LogP contribution is -2.30. The molecule has 4 aromatic rings. The Bertz CT molecular complexity index is 1820. The molecule has 0 N–H and O–H groups in total. The molecule has 1 aliphatic heterocycles. The monoisotopic (exact) mass is 692 g/mol. The number of ether oxygens (including phenoxy) is 1. The largest absolute Gasteiger partial charge is 0.454 e. The molecule has 6 rings (SSSR count). The summed E-state index contributed by atoms with van der Waals surface area (Å²) in [5.41, 5.74) is 3.72. The zero-order chi connectivity index (χ0) is 31.1. The lowest BCUT2D eigenvalue weighted by molar-refractivity contribution is -0.122. The highest BCUT2D eigenvalue weighted by Crippen LogP contribution is 2.40. The molecule has 2 amide bonds. The summed E-state index contributed by atoms with van der Waals surface area (Å²) in [5, 5.41) is 1.14. The molecule has 10 heteroatoms. The average molecular weight is 694 g/mol. The number of hydrogen-bond donors (Lipinski definition) is 0. The van der Waals surface area contributed by atoms with Crippen LogP contribution in [0.15, 0.2) is 65.1 Å². The van der Waals surface area contributed by atoms with Crippen LogP contribution >= 0.6 is 39.1 Å². The van der Waals surface area contributed by atoms with Gasteiger partial charge in [0.05, 0.1) is 39.3 Å². The van der Waals surface area contributed by atoms with Gasteiger partial charge in [0.25, 0.3) is 0 Å². The number of anilines is 1. The number of aryl methyl sites for hydroxylation is 1. The molecule has 1 saturated heterocycles. The molecule has 0 spiro atoms. The summed E-state index contributed by atoms with van der Waals surface area (Å²) in [6.07, 6.45) is 4.08. The molecule has 1 aromatic heterocycles. The number of fused-ring (bicyclic) bond motifs is 2. The minimum Gasteiger partial charge on any atom is -0.454 e. The summed E-state index contributed by atoms with van der Waals surface area (Å²) in [5.74, 6) is -1.88. The quantitative estimate of drug-likeness (QED) is 0.110. The number of esters is 1. The van der Waals surface area contributed by atoms with Crippen molar-refractivity contribution < 1.29 is 23.9 Å². The van der Waals surface area contributed by atoms with Crippen LogP contribution in [-0.4, -0.2) is 35.2 Å². The van der Waals surface area contributed by atoms with Gasteiger partial charge in [-0.1, -0.05) is 71.0 Å². The van der Waals surface area contributed by atoms with E-state index < -0.39 is 18.4 Å². The minimum absolute atomic E-state index is 0.131. The molecule has 3 aromatic carbocycles. The number of pyridine rings is 1. The van der Waals surface area contributed by atoms with Crippen molar-refractivity contribution in [1.82, 2.24) is 4.98 Å². The van der Waals surface area contributed by atoms with Crippen molar-refractivity contribution in [2.75, 3.05) is 11.5 Å². The maximum absolute atomic E-state index is 13.5. The Kier molecular flexibility index (Phi) is 8.59. The number of carbonyl (C=O) groups excluding carboxylic acids is 4. The summed E-state index contributed by atoms with van der Waals surface area (Å²) in [6, 6.07) is 16.9. The normalized spacial score (nSPS) is 18.0. The molecule has 44 heavy (non-hydrogen) atoms. The Balaban J connectivity index is 1.33. The van der Waals surface area contributed by atoms with E-state index in [0.29, 0.717) is 39.3 Å². The van der Waals surface area contributed by atoms with E-state index in [1.54, 1.807) is 42.5 Å². The first-order chi connectivity index (χ1) is 21.2. The fraction of sp³-hybridized carbons (Fsp3) is 0.265. The van der Waals surface area contributed by atoms with Gasteiger partial charge in [-0.2, -0.15) is 0 Å². The molecule has 1 saturated carbocycles. The van der Waals surface area contributed by atoms with E-state index in [1.807, 2.05) is 13.0 Å². The zero-order valence-electron chi connectivity index (χ0n) is 23.7. The first-order valence-corrected chi connectivity index (χ1v) is 16.0. The summed E-state index contributed by atoms with van der Waals surface area (Å²) < 4.78 is 6.27. The predicted octanol–water partition coefficient (Wildman–Crippen LogP) is 8.25. The Morgan fingerprint density at radius 2 is 1.61 bits per heavy atom. The number of amides is 2. The fourth-order valence-corrected chi connectivity index (χ4v) is 7.17. The summed E-state index contributed by atoms with van der Waals surface area (Å²) in [7, 11) is 0. The number of hydrogen-bond acceptors (Lipinski definition) is 6. The van der Waals surface area contributed by atoms with E-state index in [2.05, 4.69) is 15.9 Å². The molecule has 7 nitrogen and oxygen atoms in total. The lowest BCUT2D eigenvalue weighted by atomic mass is 9.81. The van der Waals surface area contributed by atoms with Gasteiger partial charge in [-0.15, -0.1) is 0 Å². The number of carbonyl (C=O) groups is 4. The van der Waals surface area contributed by atoms with Crippen molar-refractivity contribution >= 4 is 79.3 Å². The number of aromatic nitrogens is 1. The maximum atomic E-state index is 13.5. The molecule has 0 radical (unpaired) electrons.